The summed E-state index contributed by atoms with van der Waals surface area (Å²) in [5.74, 6) is -15.3. The first-order valence-corrected chi connectivity index (χ1v) is 5.84. The summed E-state index contributed by atoms with van der Waals surface area (Å²) in [7, 11) is 0. The summed E-state index contributed by atoms with van der Waals surface area (Å²) in [5, 5.41) is 0. The summed E-state index contributed by atoms with van der Waals surface area (Å²) in [6, 6.07) is 0. The summed E-state index contributed by atoms with van der Waals surface area (Å²) in [6.07, 6.45) is 9.34. The van der Waals surface area contributed by atoms with Gasteiger partial charge in [-0.3, -0.25) is 0 Å². The van der Waals surface area contributed by atoms with E-state index in [1.165, 1.54) is 11.8 Å². The summed E-state index contributed by atoms with van der Waals surface area (Å²) < 4.78 is 110. The average molecular weight is 346 g/mol. The van der Waals surface area contributed by atoms with E-state index in [1.807, 2.05) is 0 Å². The van der Waals surface area contributed by atoms with Gasteiger partial charge in [0.2, 0.25) is 0 Å². The fourth-order valence-electron chi connectivity index (χ4n) is 1.96. The largest absolute Gasteiger partial charge is 0.203 e. The Labute approximate surface area is 129 Å². The highest BCUT2D eigenvalue weighted by Crippen LogP contribution is 2.37. The van der Waals surface area contributed by atoms with Crippen LogP contribution in [0.5, 0.6) is 0 Å². The Hall–Kier alpha value is -3.00. The van der Waals surface area contributed by atoms with Gasteiger partial charge in [-0.2, -0.15) is 0 Å². The third-order valence-corrected chi connectivity index (χ3v) is 3.07. The molecule has 0 aliphatic carbocycles. The van der Waals surface area contributed by atoms with Crippen LogP contribution < -0.4 is 0 Å². The fraction of sp³-hybridized carbons (Fsp3) is 0. The van der Waals surface area contributed by atoms with Crippen molar-refractivity contribution in [2.45, 2.75) is 0 Å². The first-order valence-electron chi connectivity index (χ1n) is 5.84. The van der Waals surface area contributed by atoms with Gasteiger partial charge in [-0.05, 0) is 0 Å². The van der Waals surface area contributed by atoms with Crippen LogP contribution in [0.3, 0.4) is 0 Å². The van der Waals surface area contributed by atoms with Crippen LogP contribution in [-0.4, -0.2) is 0 Å². The molecule has 0 aliphatic heterocycles. The van der Waals surface area contributed by atoms with E-state index in [0.29, 0.717) is 0 Å². The minimum Gasteiger partial charge on any atom is -0.203 e. The van der Waals surface area contributed by atoms with Crippen molar-refractivity contribution in [3.8, 4) is 35.8 Å². The maximum atomic E-state index is 13.9. The molecule has 0 saturated heterocycles. The van der Waals surface area contributed by atoms with Crippen LogP contribution in [0.25, 0.3) is 11.1 Å². The molecule has 0 nitrogen and oxygen atoms in total. The number of hydrogen-bond acceptors (Lipinski definition) is 0. The van der Waals surface area contributed by atoms with Crippen LogP contribution in [0.2, 0.25) is 0 Å². The van der Waals surface area contributed by atoms with E-state index in [4.69, 9.17) is 0 Å². The van der Waals surface area contributed by atoms with Gasteiger partial charge in [0.1, 0.15) is 11.1 Å². The van der Waals surface area contributed by atoms with Gasteiger partial charge in [-0.25, -0.2) is 35.1 Å². The molecule has 8 heteroatoms. The Bertz CT molecular complexity index is 822. The van der Waals surface area contributed by atoms with E-state index in [1.54, 1.807) is 0 Å². The quantitative estimate of drug-likeness (QED) is 0.407. The number of benzene rings is 2. The molecule has 2 aromatic carbocycles. The second-order valence-corrected chi connectivity index (χ2v) is 4.30. The monoisotopic (exact) mass is 346 g/mol. The molecular formula is C16H2F8. The average Bonchev–Trinajstić information content (AvgIpc) is 2.55. The van der Waals surface area contributed by atoms with E-state index >= 15 is 0 Å². The van der Waals surface area contributed by atoms with E-state index < -0.39 is 68.8 Å². The van der Waals surface area contributed by atoms with Gasteiger partial charge < -0.3 is 0 Å². The van der Waals surface area contributed by atoms with Gasteiger partial charge in [-0.1, -0.05) is 11.8 Å². The molecular weight excluding hydrogens is 344 g/mol. The molecule has 0 unspecified atom stereocenters. The van der Waals surface area contributed by atoms with Crippen molar-refractivity contribution in [2.24, 2.45) is 0 Å². The smallest absolute Gasteiger partial charge is 0.178 e. The van der Waals surface area contributed by atoms with Crippen molar-refractivity contribution >= 4 is 0 Å². The Morgan fingerprint density at radius 1 is 0.417 bits per heavy atom. The van der Waals surface area contributed by atoms with Crippen LogP contribution in [0.15, 0.2) is 0 Å². The van der Waals surface area contributed by atoms with Gasteiger partial charge in [0.25, 0.3) is 0 Å². The highest BCUT2D eigenvalue weighted by molar-refractivity contribution is 5.69. The van der Waals surface area contributed by atoms with E-state index in [2.05, 4.69) is 12.8 Å². The molecule has 0 N–H and O–H groups in total. The molecule has 0 aromatic heterocycles. The van der Waals surface area contributed by atoms with E-state index in [-0.39, 0.29) is 0 Å². The van der Waals surface area contributed by atoms with E-state index in [0.717, 1.165) is 0 Å². The maximum Gasteiger partial charge on any atom is 0.178 e. The molecule has 0 heterocycles. The predicted octanol–water partition coefficient (Wildman–Crippen LogP) is 4.43. The van der Waals surface area contributed by atoms with Crippen molar-refractivity contribution in [1.82, 2.24) is 0 Å². The first-order chi connectivity index (χ1) is 11.2. The Morgan fingerprint density at radius 2 is 0.625 bits per heavy atom. The third-order valence-electron chi connectivity index (χ3n) is 3.07. The summed E-state index contributed by atoms with van der Waals surface area (Å²) in [4.78, 5) is 0. The summed E-state index contributed by atoms with van der Waals surface area (Å²) >= 11 is 0. The zero-order valence-corrected chi connectivity index (χ0v) is 11.2. The standard InChI is InChI=1S/C16H2F8/c1-3-5-9(17)13(21)7(14(22)10(5)18)8-15(23)11(19)6(4-2)12(20)16(8)24/h1-2H. The number of rotatable bonds is 1. The summed E-state index contributed by atoms with van der Waals surface area (Å²) in [6.45, 7) is 0. The maximum absolute atomic E-state index is 13.9. The number of hydrogen-bond donors (Lipinski definition) is 0. The van der Waals surface area contributed by atoms with E-state index in [9.17, 15) is 35.1 Å². The van der Waals surface area contributed by atoms with Gasteiger partial charge >= 0.3 is 0 Å². The van der Waals surface area contributed by atoms with Crippen molar-refractivity contribution in [2.75, 3.05) is 0 Å². The Morgan fingerprint density at radius 3 is 0.792 bits per heavy atom. The molecule has 24 heavy (non-hydrogen) atoms. The topological polar surface area (TPSA) is 0 Å². The second kappa shape index (κ2) is 5.89. The van der Waals surface area contributed by atoms with Crippen LogP contribution in [-0.2, 0) is 0 Å². The van der Waals surface area contributed by atoms with Gasteiger partial charge in [0, 0.05) is 0 Å². The first kappa shape index (κ1) is 17.4. The predicted molar refractivity (Wildman–Crippen MR) is 67.4 cm³/mol. The molecule has 0 fully saturated rings. The van der Waals surface area contributed by atoms with Crippen molar-refractivity contribution < 1.29 is 35.1 Å². The summed E-state index contributed by atoms with van der Waals surface area (Å²) in [5.41, 5.74) is -6.98. The molecule has 0 aliphatic rings. The molecule has 122 valence electrons. The number of halogens is 8. The van der Waals surface area contributed by atoms with Crippen molar-refractivity contribution in [1.29, 1.82) is 0 Å². The van der Waals surface area contributed by atoms with Gasteiger partial charge in [0.05, 0.1) is 11.1 Å². The highest BCUT2D eigenvalue weighted by Gasteiger charge is 2.33. The van der Waals surface area contributed by atoms with Crippen LogP contribution in [0.1, 0.15) is 11.1 Å². The highest BCUT2D eigenvalue weighted by atomic mass is 19.2. The molecule has 0 radical (unpaired) electrons. The number of terminal acetylenes is 2. The molecule has 2 rings (SSSR count). The van der Waals surface area contributed by atoms with Crippen LogP contribution in [0.4, 0.5) is 35.1 Å². The van der Waals surface area contributed by atoms with Gasteiger partial charge in [0.15, 0.2) is 46.5 Å². The molecule has 2 aromatic rings. The third kappa shape index (κ3) is 2.19. The Kier molecular flexibility index (Phi) is 4.26. The molecule has 0 spiro atoms. The van der Waals surface area contributed by atoms with Gasteiger partial charge in [-0.15, -0.1) is 12.8 Å². The lowest BCUT2D eigenvalue weighted by atomic mass is 9.98. The Balaban J connectivity index is 3.06. The lowest BCUT2D eigenvalue weighted by Gasteiger charge is -2.13. The van der Waals surface area contributed by atoms with Crippen molar-refractivity contribution in [3.63, 3.8) is 0 Å². The minimum atomic E-state index is -2.33. The van der Waals surface area contributed by atoms with Crippen LogP contribution in [0, 0.1) is 71.2 Å². The second-order valence-electron chi connectivity index (χ2n) is 4.30. The minimum absolute atomic E-state index is 1.30. The molecule has 0 amide bonds. The SMILES string of the molecule is C#Cc1c(F)c(F)c(-c2c(F)c(F)c(C#C)c(F)c2F)c(F)c1F. The zero-order valence-electron chi connectivity index (χ0n) is 11.2. The van der Waals surface area contributed by atoms with Crippen molar-refractivity contribution in [3.05, 3.63) is 57.7 Å². The van der Waals surface area contributed by atoms with Crippen LogP contribution >= 0.6 is 0 Å². The molecule has 0 bridgehead atoms. The molecule has 0 atom stereocenters. The lowest BCUT2D eigenvalue weighted by molar-refractivity contribution is 0.438. The fourth-order valence-corrected chi connectivity index (χ4v) is 1.96. The molecule has 0 saturated carbocycles. The lowest BCUT2D eigenvalue weighted by Crippen LogP contribution is -2.09. The zero-order chi connectivity index (χ0) is 18.3. The normalized spacial score (nSPS) is 10.4.